The molecule has 0 aromatic carbocycles. The summed E-state index contributed by atoms with van der Waals surface area (Å²) in [5.41, 5.74) is 0. The molecule has 0 N–H and O–H groups in total. The van der Waals surface area contributed by atoms with Gasteiger partial charge in [0.2, 0.25) is 0 Å². The number of carbonyl (C=O) groups excluding carboxylic acids is 1. The molecule has 1 unspecified atom stereocenters. The summed E-state index contributed by atoms with van der Waals surface area (Å²) >= 11 is 0. The molecule has 1 aliphatic heterocycles. The molecule has 0 bridgehead atoms. The van der Waals surface area contributed by atoms with Crippen LogP contribution in [0.15, 0.2) is 0 Å². The van der Waals surface area contributed by atoms with Gasteiger partial charge in [0.25, 0.3) is 0 Å². The maximum atomic E-state index is 11.1. The molecule has 2 rings (SSSR count). The molecule has 1 heterocycles. The van der Waals surface area contributed by atoms with Crippen molar-refractivity contribution in [2.75, 3.05) is 13.2 Å². The van der Waals surface area contributed by atoms with Gasteiger partial charge in [-0.3, -0.25) is 4.79 Å². The fraction of sp³-hybridized carbons (Fsp3) is 0.875. The molecular formula is C8H12O3. The van der Waals surface area contributed by atoms with Crippen molar-refractivity contribution in [2.45, 2.75) is 19.4 Å². The van der Waals surface area contributed by atoms with Crippen molar-refractivity contribution >= 4 is 5.97 Å². The Balaban J connectivity index is 1.85. The zero-order valence-corrected chi connectivity index (χ0v) is 6.58. The smallest absolute Gasteiger partial charge is 0.311 e. The van der Waals surface area contributed by atoms with Crippen LogP contribution in [-0.4, -0.2) is 25.3 Å². The van der Waals surface area contributed by atoms with Gasteiger partial charge in [-0.25, -0.2) is 0 Å². The number of carbonyl (C=O) groups is 1. The van der Waals surface area contributed by atoms with E-state index in [1.54, 1.807) is 0 Å². The van der Waals surface area contributed by atoms with E-state index in [2.05, 4.69) is 0 Å². The molecule has 3 atom stereocenters. The van der Waals surface area contributed by atoms with Crippen LogP contribution in [-0.2, 0) is 14.3 Å². The molecule has 0 aromatic rings. The highest BCUT2D eigenvalue weighted by Crippen LogP contribution is 2.49. The predicted octanol–water partition coefficient (Wildman–Crippen LogP) is 0.584. The van der Waals surface area contributed by atoms with Gasteiger partial charge in [-0.05, 0) is 13.3 Å². The molecule has 0 spiro atoms. The van der Waals surface area contributed by atoms with E-state index in [0.29, 0.717) is 12.5 Å². The van der Waals surface area contributed by atoms with Crippen LogP contribution in [0.2, 0.25) is 0 Å². The largest absolute Gasteiger partial charge is 0.466 e. The number of rotatable bonds is 2. The Morgan fingerprint density at radius 3 is 3.09 bits per heavy atom. The Hall–Kier alpha value is -0.570. The molecule has 0 amide bonds. The predicted molar refractivity (Wildman–Crippen MR) is 38.0 cm³/mol. The lowest BCUT2D eigenvalue weighted by molar-refractivity contribution is -0.146. The third kappa shape index (κ3) is 1.03. The molecule has 2 fully saturated rings. The topological polar surface area (TPSA) is 35.5 Å². The zero-order valence-electron chi connectivity index (χ0n) is 6.58. The fourth-order valence-electron chi connectivity index (χ4n) is 1.80. The zero-order chi connectivity index (χ0) is 7.84. The Bertz CT molecular complexity index is 168. The molecule has 3 nitrogen and oxygen atoms in total. The molecule has 3 heteroatoms. The molecule has 11 heavy (non-hydrogen) atoms. The van der Waals surface area contributed by atoms with Crippen molar-refractivity contribution in [3.05, 3.63) is 0 Å². The van der Waals surface area contributed by atoms with Gasteiger partial charge in [-0.1, -0.05) is 0 Å². The Morgan fingerprint density at radius 1 is 1.73 bits per heavy atom. The van der Waals surface area contributed by atoms with E-state index in [0.717, 1.165) is 13.0 Å². The molecule has 62 valence electrons. The van der Waals surface area contributed by atoms with E-state index in [1.165, 1.54) is 0 Å². The standard InChI is InChI=1S/C8H12O3/c1-2-10-8(9)6-5-3-4-11-7(5)6/h5-7H,2-4H2,1H3/t5-,6?,7-/m1/s1. The van der Waals surface area contributed by atoms with Gasteiger partial charge in [-0.2, -0.15) is 0 Å². The molecule has 0 radical (unpaired) electrons. The van der Waals surface area contributed by atoms with Crippen LogP contribution >= 0.6 is 0 Å². The lowest BCUT2D eigenvalue weighted by Gasteiger charge is -2.02. The summed E-state index contributed by atoms with van der Waals surface area (Å²) in [6, 6.07) is 0. The average Bonchev–Trinajstić information content (AvgIpc) is 2.47. The van der Waals surface area contributed by atoms with Crippen molar-refractivity contribution in [3.63, 3.8) is 0 Å². The number of esters is 1. The molecule has 1 saturated heterocycles. The summed E-state index contributed by atoms with van der Waals surface area (Å²) in [6.45, 7) is 3.14. The highest BCUT2D eigenvalue weighted by molar-refractivity contribution is 5.77. The van der Waals surface area contributed by atoms with E-state index in [9.17, 15) is 4.79 Å². The van der Waals surface area contributed by atoms with Gasteiger partial charge in [0.15, 0.2) is 0 Å². The monoisotopic (exact) mass is 156 g/mol. The summed E-state index contributed by atoms with van der Waals surface area (Å²) in [5.74, 6) is 0.486. The van der Waals surface area contributed by atoms with Gasteiger partial charge in [-0.15, -0.1) is 0 Å². The van der Waals surface area contributed by atoms with Crippen molar-refractivity contribution in [2.24, 2.45) is 11.8 Å². The van der Waals surface area contributed by atoms with E-state index < -0.39 is 0 Å². The van der Waals surface area contributed by atoms with E-state index >= 15 is 0 Å². The van der Waals surface area contributed by atoms with E-state index in [4.69, 9.17) is 9.47 Å². The second-order valence-corrected chi connectivity index (χ2v) is 3.07. The number of ether oxygens (including phenoxy) is 2. The van der Waals surface area contributed by atoms with Gasteiger partial charge in [0.05, 0.1) is 18.6 Å². The van der Waals surface area contributed by atoms with Gasteiger partial charge >= 0.3 is 5.97 Å². The van der Waals surface area contributed by atoms with Crippen LogP contribution in [0.1, 0.15) is 13.3 Å². The summed E-state index contributed by atoms with van der Waals surface area (Å²) in [6.07, 6.45) is 1.24. The third-order valence-electron chi connectivity index (χ3n) is 2.42. The number of fused-ring (bicyclic) bond motifs is 1. The quantitative estimate of drug-likeness (QED) is 0.549. The molecule has 1 saturated carbocycles. The van der Waals surface area contributed by atoms with E-state index in [1.807, 2.05) is 6.92 Å². The Morgan fingerprint density at radius 2 is 2.55 bits per heavy atom. The van der Waals surface area contributed by atoms with Crippen molar-refractivity contribution in [3.8, 4) is 0 Å². The first-order chi connectivity index (χ1) is 5.34. The summed E-state index contributed by atoms with van der Waals surface area (Å²) < 4.78 is 10.2. The minimum atomic E-state index is -0.0674. The van der Waals surface area contributed by atoms with Gasteiger partial charge in [0, 0.05) is 12.5 Å². The lowest BCUT2D eigenvalue weighted by atomic mass is 10.2. The highest BCUT2D eigenvalue weighted by Gasteiger charge is 2.59. The van der Waals surface area contributed by atoms with Crippen LogP contribution < -0.4 is 0 Å². The highest BCUT2D eigenvalue weighted by atomic mass is 16.5. The summed E-state index contributed by atoms with van der Waals surface area (Å²) in [7, 11) is 0. The first kappa shape index (κ1) is 7.10. The normalized spacial score (nSPS) is 39.9. The maximum Gasteiger partial charge on any atom is 0.311 e. The van der Waals surface area contributed by atoms with Crippen molar-refractivity contribution < 1.29 is 14.3 Å². The van der Waals surface area contributed by atoms with Gasteiger partial charge in [0.1, 0.15) is 0 Å². The molecule has 0 aromatic heterocycles. The van der Waals surface area contributed by atoms with Crippen LogP contribution in [0.4, 0.5) is 0 Å². The maximum absolute atomic E-state index is 11.1. The Labute approximate surface area is 65.7 Å². The first-order valence-corrected chi connectivity index (χ1v) is 4.13. The second kappa shape index (κ2) is 2.48. The van der Waals surface area contributed by atoms with Crippen molar-refractivity contribution in [1.82, 2.24) is 0 Å². The summed E-state index contributed by atoms with van der Waals surface area (Å²) in [5, 5.41) is 0. The van der Waals surface area contributed by atoms with Gasteiger partial charge < -0.3 is 9.47 Å². The minimum Gasteiger partial charge on any atom is -0.466 e. The summed E-state index contributed by atoms with van der Waals surface area (Å²) in [4.78, 5) is 11.1. The third-order valence-corrected chi connectivity index (χ3v) is 2.42. The van der Waals surface area contributed by atoms with Crippen LogP contribution in [0, 0.1) is 11.8 Å². The molecule has 2 aliphatic rings. The van der Waals surface area contributed by atoms with E-state index in [-0.39, 0.29) is 18.0 Å². The number of hydrogen-bond donors (Lipinski definition) is 0. The Kier molecular flexibility index (Phi) is 1.60. The fourth-order valence-corrected chi connectivity index (χ4v) is 1.80. The van der Waals surface area contributed by atoms with Crippen molar-refractivity contribution in [1.29, 1.82) is 0 Å². The SMILES string of the molecule is CCOC(=O)C1[C@H]2CCO[C@@H]12. The second-order valence-electron chi connectivity index (χ2n) is 3.07. The van der Waals surface area contributed by atoms with Crippen LogP contribution in [0.25, 0.3) is 0 Å². The average molecular weight is 156 g/mol. The first-order valence-electron chi connectivity index (χ1n) is 4.13. The molecule has 1 aliphatic carbocycles. The number of hydrogen-bond acceptors (Lipinski definition) is 3. The lowest BCUT2D eigenvalue weighted by Crippen LogP contribution is -2.12. The molecular weight excluding hydrogens is 144 g/mol. The van der Waals surface area contributed by atoms with Crippen LogP contribution in [0.5, 0.6) is 0 Å². The van der Waals surface area contributed by atoms with Crippen LogP contribution in [0.3, 0.4) is 0 Å². The minimum absolute atomic E-state index is 0.0674.